The fraction of sp³-hybridized carbons (Fsp3) is 0.286. The summed E-state index contributed by atoms with van der Waals surface area (Å²) in [5.41, 5.74) is -0.507. The van der Waals surface area contributed by atoms with Gasteiger partial charge in [0.15, 0.2) is 17.7 Å². The summed E-state index contributed by atoms with van der Waals surface area (Å²) in [5.74, 6) is -0.977. The van der Waals surface area contributed by atoms with Crippen molar-refractivity contribution in [1.82, 2.24) is 24.5 Å². The van der Waals surface area contributed by atoms with Crippen LogP contribution in [0.25, 0.3) is 16.6 Å². The quantitative estimate of drug-likeness (QED) is 0.317. The third kappa shape index (κ3) is 4.56. The highest BCUT2D eigenvalue weighted by atomic mass is 35.5. The summed E-state index contributed by atoms with van der Waals surface area (Å²) < 4.78 is 61.6. The van der Waals surface area contributed by atoms with E-state index in [0.717, 1.165) is 17.7 Å². The topological polar surface area (TPSA) is 110 Å². The molecular weight excluding hydrogens is 496 g/mol. The van der Waals surface area contributed by atoms with E-state index in [2.05, 4.69) is 20.6 Å². The number of alkyl halides is 3. The van der Waals surface area contributed by atoms with Crippen LogP contribution in [0.4, 0.5) is 29.1 Å². The molecule has 1 atom stereocenters. The molecule has 2 aromatic heterocycles. The van der Waals surface area contributed by atoms with E-state index in [-0.39, 0.29) is 51.2 Å². The van der Waals surface area contributed by atoms with Crippen molar-refractivity contribution in [2.75, 3.05) is 5.32 Å². The lowest BCUT2D eigenvalue weighted by Crippen LogP contribution is -2.31. The van der Waals surface area contributed by atoms with Crippen molar-refractivity contribution in [3.05, 3.63) is 57.5 Å². The SMILES string of the molecule is CCn1c(CO)nn(-c2cc(O[C@@H](C)C(F)(F)F)c3c(Nc4c(F)cccc4Cl)n[nH]c3c2)c1=O. The first-order chi connectivity index (χ1) is 16.5. The first-order valence-electron chi connectivity index (χ1n) is 10.3. The molecule has 186 valence electrons. The predicted molar refractivity (Wildman–Crippen MR) is 120 cm³/mol. The summed E-state index contributed by atoms with van der Waals surface area (Å²) in [6.45, 7) is 2.19. The van der Waals surface area contributed by atoms with Gasteiger partial charge in [0.05, 0.1) is 27.3 Å². The molecule has 3 N–H and O–H groups in total. The van der Waals surface area contributed by atoms with Crippen molar-refractivity contribution >= 4 is 34.0 Å². The van der Waals surface area contributed by atoms with Crippen molar-refractivity contribution in [1.29, 1.82) is 0 Å². The van der Waals surface area contributed by atoms with Gasteiger partial charge in [-0.25, -0.2) is 9.18 Å². The number of nitrogens with one attached hydrogen (secondary N) is 2. The van der Waals surface area contributed by atoms with Crippen molar-refractivity contribution in [3.63, 3.8) is 0 Å². The number of rotatable bonds is 7. The zero-order valence-corrected chi connectivity index (χ0v) is 19.1. The van der Waals surface area contributed by atoms with Gasteiger partial charge in [-0.1, -0.05) is 17.7 Å². The van der Waals surface area contributed by atoms with E-state index in [4.69, 9.17) is 16.3 Å². The number of aromatic nitrogens is 5. The molecule has 0 unspecified atom stereocenters. The lowest BCUT2D eigenvalue weighted by molar-refractivity contribution is -0.188. The van der Waals surface area contributed by atoms with Crippen LogP contribution < -0.4 is 15.7 Å². The Morgan fingerprint density at radius 1 is 1.31 bits per heavy atom. The molecule has 4 aromatic rings. The molecule has 4 rings (SSSR count). The molecule has 0 amide bonds. The van der Waals surface area contributed by atoms with Crippen LogP contribution in [0, 0.1) is 5.82 Å². The second-order valence-corrected chi connectivity index (χ2v) is 7.88. The molecule has 0 saturated carbocycles. The van der Waals surface area contributed by atoms with Crippen molar-refractivity contribution in [2.45, 2.75) is 39.3 Å². The monoisotopic (exact) mass is 514 g/mol. The first kappa shape index (κ1) is 24.5. The van der Waals surface area contributed by atoms with E-state index in [1.165, 1.54) is 28.8 Å². The zero-order valence-electron chi connectivity index (χ0n) is 18.3. The molecule has 0 aliphatic rings. The van der Waals surface area contributed by atoms with Crippen LogP contribution in [0.5, 0.6) is 5.75 Å². The Labute approximate surface area is 199 Å². The van der Waals surface area contributed by atoms with Gasteiger partial charge in [0, 0.05) is 12.6 Å². The Morgan fingerprint density at radius 2 is 2.06 bits per heavy atom. The molecule has 0 aliphatic heterocycles. The number of fused-ring (bicyclic) bond motifs is 1. The summed E-state index contributed by atoms with van der Waals surface area (Å²) >= 11 is 6.06. The van der Waals surface area contributed by atoms with Gasteiger partial charge in [-0.15, -0.1) is 5.10 Å². The Bertz CT molecular complexity index is 1430. The summed E-state index contributed by atoms with van der Waals surface area (Å²) in [4.78, 5) is 12.8. The Morgan fingerprint density at radius 3 is 2.66 bits per heavy atom. The molecular formula is C21H19ClF4N6O3. The zero-order chi connectivity index (χ0) is 25.5. The number of hydrogen-bond acceptors (Lipinski definition) is 6. The lowest BCUT2D eigenvalue weighted by Gasteiger charge is -2.19. The standard InChI is InChI=1S/C21H19ClF4N6O3/c1-3-31-16(9-33)30-32(20(31)34)11-7-14-17(15(8-11)35-10(2)21(24,25)26)19(29-28-14)27-18-12(22)5-4-6-13(18)23/h4-8,10,33H,3,9H2,1-2H3,(H2,27,28,29)/t10-/m0/s1. The number of aliphatic hydroxyl groups excluding tert-OH is 1. The fourth-order valence-electron chi connectivity index (χ4n) is 3.44. The molecule has 0 aliphatic carbocycles. The van der Waals surface area contributed by atoms with Gasteiger partial charge in [-0.3, -0.25) is 9.67 Å². The molecule has 0 radical (unpaired) electrons. The van der Waals surface area contributed by atoms with E-state index >= 15 is 0 Å². The molecule has 9 nitrogen and oxygen atoms in total. The minimum absolute atomic E-state index is 0.0251. The first-order valence-corrected chi connectivity index (χ1v) is 10.7. The second kappa shape index (κ2) is 9.23. The highest BCUT2D eigenvalue weighted by molar-refractivity contribution is 6.33. The largest absolute Gasteiger partial charge is 0.480 e. The smallest absolute Gasteiger partial charge is 0.425 e. The summed E-state index contributed by atoms with van der Waals surface area (Å²) in [6, 6.07) is 6.57. The number of para-hydroxylation sites is 1. The van der Waals surface area contributed by atoms with Gasteiger partial charge in [0.25, 0.3) is 0 Å². The van der Waals surface area contributed by atoms with Gasteiger partial charge in [0.1, 0.15) is 18.2 Å². The van der Waals surface area contributed by atoms with E-state index in [0.29, 0.717) is 0 Å². The maximum absolute atomic E-state index is 14.3. The lowest BCUT2D eigenvalue weighted by atomic mass is 10.2. The van der Waals surface area contributed by atoms with Crippen LogP contribution in [0.15, 0.2) is 35.1 Å². The van der Waals surface area contributed by atoms with Crippen LogP contribution in [0.2, 0.25) is 5.02 Å². The molecule has 0 bridgehead atoms. The summed E-state index contributed by atoms with van der Waals surface area (Å²) in [7, 11) is 0. The highest BCUT2D eigenvalue weighted by Crippen LogP contribution is 2.38. The fourth-order valence-corrected chi connectivity index (χ4v) is 3.65. The Kier molecular flexibility index (Phi) is 6.47. The highest BCUT2D eigenvalue weighted by Gasteiger charge is 2.38. The minimum Gasteiger partial charge on any atom is -0.480 e. The van der Waals surface area contributed by atoms with Gasteiger partial charge < -0.3 is 15.2 Å². The van der Waals surface area contributed by atoms with Crippen LogP contribution >= 0.6 is 11.6 Å². The Balaban J connectivity index is 1.90. The molecule has 14 heteroatoms. The third-order valence-corrected chi connectivity index (χ3v) is 5.54. The van der Waals surface area contributed by atoms with Gasteiger partial charge in [-0.2, -0.15) is 23.0 Å². The van der Waals surface area contributed by atoms with E-state index in [9.17, 15) is 27.5 Å². The number of aromatic amines is 1. The molecule has 0 spiro atoms. The number of anilines is 2. The minimum atomic E-state index is -4.70. The predicted octanol–water partition coefficient (Wildman–Crippen LogP) is 4.29. The molecule has 35 heavy (non-hydrogen) atoms. The third-order valence-electron chi connectivity index (χ3n) is 5.22. The Hall–Kier alpha value is -3.58. The number of H-pyrrole nitrogens is 1. The number of halogens is 5. The van der Waals surface area contributed by atoms with Crippen LogP contribution in [0.1, 0.15) is 19.7 Å². The van der Waals surface area contributed by atoms with Crippen molar-refractivity contribution in [2.24, 2.45) is 0 Å². The van der Waals surface area contributed by atoms with Crippen molar-refractivity contribution in [3.8, 4) is 11.4 Å². The maximum atomic E-state index is 14.3. The van der Waals surface area contributed by atoms with E-state index in [1.54, 1.807) is 6.92 Å². The average Bonchev–Trinajstić information content (AvgIpc) is 3.35. The van der Waals surface area contributed by atoms with E-state index < -0.39 is 30.4 Å². The van der Waals surface area contributed by atoms with Crippen LogP contribution in [-0.2, 0) is 13.2 Å². The number of ether oxygens (including phenoxy) is 1. The number of hydrogen-bond donors (Lipinski definition) is 3. The van der Waals surface area contributed by atoms with Crippen molar-refractivity contribution < 1.29 is 27.4 Å². The summed E-state index contributed by atoms with van der Waals surface area (Å²) in [6.07, 6.45) is -6.92. The molecule has 0 saturated heterocycles. The average molecular weight is 515 g/mol. The second-order valence-electron chi connectivity index (χ2n) is 7.48. The molecule has 2 aromatic carbocycles. The normalized spacial score (nSPS) is 12.8. The number of nitrogens with zero attached hydrogens (tertiary/aromatic N) is 4. The van der Waals surface area contributed by atoms with Crippen LogP contribution in [-0.4, -0.2) is 41.9 Å². The summed E-state index contributed by atoms with van der Waals surface area (Å²) in [5, 5.41) is 23.0. The maximum Gasteiger partial charge on any atom is 0.425 e. The molecule has 0 fully saturated rings. The van der Waals surface area contributed by atoms with Gasteiger partial charge >= 0.3 is 11.9 Å². The van der Waals surface area contributed by atoms with Gasteiger partial charge in [0.2, 0.25) is 0 Å². The van der Waals surface area contributed by atoms with Gasteiger partial charge in [-0.05, 0) is 32.0 Å². The van der Waals surface area contributed by atoms with E-state index in [1.807, 2.05) is 0 Å². The van der Waals surface area contributed by atoms with Crippen LogP contribution in [0.3, 0.4) is 0 Å². The number of aliphatic hydroxyl groups is 1. The molecule has 2 heterocycles. The number of benzene rings is 2.